The maximum atomic E-state index is 14.0. The average Bonchev–Trinajstić information content (AvgIpc) is 3.59. The van der Waals surface area contributed by atoms with Crippen molar-refractivity contribution in [2.45, 2.75) is 18.8 Å². The van der Waals surface area contributed by atoms with Crippen LogP contribution in [0, 0.1) is 5.82 Å². The number of aromatic nitrogens is 2. The molecule has 208 valence electrons. The molecule has 0 saturated carbocycles. The molecule has 1 fully saturated rings. The van der Waals surface area contributed by atoms with Gasteiger partial charge in [0.25, 0.3) is 11.8 Å². The number of amides is 2. The Morgan fingerprint density at radius 1 is 1.38 bits per heavy atom. The summed E-state index contributed by atoms with van der Waals surface area (Å²) in [6.07, 6.45) is 1.33. The molecule has 0 aliphatic carbocycles. The highest BCUT2D eigenvalue weighted by molar-refractivity contribution is 6.33. The van der Waals surface area contributed by atoms with Crippen molar-refractivity contribution in [2.75, 3.05) is 32.4 Å². The molecule has 1 unspecified atom stereocenters. The van der Waals surface area contributed by atoms with Crippen LogP contribution in [-0.4, -0.2) is 65.0 Å². The Balaban J connectivity index is 1.32. The van der Waals surface area contributed by atoms with Gasteiger partial charge >= 0.3 is 0 Å². The maximum absolute atomic E-state index is 14.0. The molecule has 5 rings (SSSR count). The molecule has 11 nitrogen and oxygen atoms in total. The Labute approximate surface area is 234 Å². The molecule has 4 N–H and O–H groups in total. The number of hydrogen-bond donors (Lipinski definition) is 4. The molecule has 1 saturated heterocycles. The first-order chi connectivity index (χ1) is 19.3. The highest BCUT2D eigenvalue weighted by Gasteiger charge is 2.33. The Hall–Kier alpha value is -4.10. The van der Waals surface area contributed by atoms with Crippen LogP contribution in [-0.2, 0) is 16.1 Å². The molecular weight excluding hydrogens is 543 g/mol. The Kier molecular flexibility index (Phi) is 7.94. The lowest BCUT2D eigenvalue weighted by atomic mass is 10.0. The van der Waals surface area contributed by atoms with E-state index in [-0.39, 0.29) is 24.2 Å². The second-order valence-corrected chi connectivity index (χ2v) is 9.56. The van der Waals surface area contributed by atoms with Gasteiger partial charge in [0.2, 0.25) is 5.95 Å². The summed E-state index contributed by atoms with van der Waals surface area (Å²) in [6, 6.07) is 8.13. The second-order valence-electron chi connectivity index (χ2n) is 9.15. The monoisotopic (exact) mass is 568 g/mol. The van der Waals surface area contributed by atoms with Crippen LogP contribution in [0.25, 0.3) is 11.3 Å². The predicted molar refractivity (Wildman–Crippen MR) is 144 cm³/mol. The second kappa shape index (κ2) is 11.6. The van der Waals surface area contributed by atoms with Crippen LogP contribution in [0.4, 0.5) is 10.3 Å². The summed E-state index contributed by atoms with van der Waals surface area (Å²) in [5.41, 5.74) is 2.26. The third-order valence-electron chi connectivity index (χ3n) is 6.56. The number of halogens is 2. The predicted octanol–water partition coefficient (Wildman–Crippen LogP) is 2.58. The fourth-order valence-electron chi connectivity index (χ4n) is 4.45. The van der Waals surface area contributed by atoms with Crippen LogP contribution < -0.4 is 20.7 Å². The van der Waals surface area contributed by atoms with Gasteiger partial charge in [0.15, 0.2) is 0 Å². The van der Waals surface area contributed by atoms with Crippen molar-refractivity contribution in [3.05, 3.63) is 82.4 Å². The van der Waals surface area contributed by atoms with E-state index in [1.807, 2.05) is 0 Å². The molecule has 3 heterocycles. The number of aliphatic hydroxyl groups is 1. The molecule has 2 aliphatic rings. The smallest absolute Gasteiger partial charge is 0.267 e. The van der Waals surface area contributed by atoms with E-state index in [9.17, 15) is 19.1 Å². The number of fused-ring (bicyclic) bond motifs is 1. The zero-order valence-corrected chi connectivity index (χ0v) is 22.2. The van der Waals surface area contributed by atoms with Gasteiger partial charge in [-0.25, -0.2) is 14.4 Å². The van der Waals surface area contributed by atoms with Gasteiger partial charge in [0.05, 0.1) is 56.6 Å². The van der Waals surface area contributed by atoms with Gasteiger partial charge in [-0.05, 0) is 29.3 Å². The topological polar surface area (TPSA) is 138 Å². The minimum absolute atomic E-state index is 0.121. The molecule has 13 heteroatoms. The Bertz CT molecular complexity index is 1480. The average molecular weight is 569 g/mol. The summed E-state index contributed by atoms with van der Waals surface area (Å²) in [7, 11) is 1.38. The lowest BCUT2D eigenvalue weighted by Crippen LogP contribution is -2.37. The van der Waals surface area contributed by atoms with Crippen LogP contribution in [0.5, 0.6) is 5.75 Å². The summed E-state index contributed by atoms with van der Waals surface area (Å²) >= 11 is 6.39. The molecular formula is C27H26ClFN6O5. The van der Waals surface area contributed by atoms with E-state index in [1.54, 1.807) is 18.2 Å². The summed E-state index contributed by atoms with van der Waals surface area (Å²) in [5.74, 6) is -1.13. The lowest BCUT2D eigenvalue weighted by Gasteiger charge is -2.22. The minimum Gasteiger partial charge on any atom is -0.497 e. The van der Waals surface area contributed by atoms with Gasteiger partial charge in [-0.15, -0.1) is 0 Å². The van der Waals surface area contributed by atoms with E-state index in [0.717, 1.165) is 0 Å². The van der Waals surface area contributed by atoms with E-state index < -0.39 is 30.3 Å². The zero-order chi connectivity index (χ0) is 28.4. The largest absolute Gasteiger partial charge is 0.497 e. The van der Waals surface area contributed by atoms with Gasteiger partial charge < -0.3 is 25.2 Å². The van der Waals surface area contributed by atoms with Crippen LogP contribution in [0.1, 0.15) is 27.5 Å². The number of nitrogens with zero attached hydrogens (tertiary/aromatic N) is 3. The van der Waals surface area contributed by atoms with E-state index in [4.69, 9.17) is 21.1 Å². The van der Waals surface area contributed by atoms with Crippen molar-refractivity contribution in [1.29, 1.82) is 0 Å². The standard InChI is InChI=1S/C27H26ClFN6O5/c1-14(25(37)32-22(11-36)17-5-18(29)8-19(6-17)39-2)35-10-16-4-3-15(7-20(16)26(35)38)24-21(28)9-30-27(34-24)33-23-12-40-13-31-23/h3-9,22-23,31,36H,1,10-13H2,2H3,(H,32,37)(H,30,33,34)/t22-,23?/m1/s1. The number of rotatable bonds is 9. The van der Waals surface area contributed by atoms with Gasteiger partial charge in [-0.2, -0.15) is 0 Å². The van der Waals surface area contributed by atoms with Crippen LogP contribution >= 0.6 is 11.6 Å². The molecule has 0 radical (unpaired) electrons. The summed E-state index contributed by atoms with van der Waals surface area (Å²) in [5, 5.41) is 19.0. The van der Waals surface area contributed by atoms with Crippen molar-refractivity contribution in [2.24, 2.45) is 0 Å². The Morgan fingerprint density at radius 3 is 2.92 bits per heavy atom. The van der Waals surface area contributed by atoms with Gasteiger partial charge in [-0.1, -0.05) is 30.3 Å². The molecule has 2 atom stereocenters. The number of carbonyl (C=O) groups is 2. The van der Waals surface area contributed by atoms with Crippen molar-refractivity contribution in [1.82, 2.24) is 25.5 Å². The number of anilines is 1. The molecule has 2 amide bonds. The van der Waals surface area contributed by atoms with Crippen LogP contribution in [0.3, 0.4) is 0 Å². The summed E-state index contributed by atoms with van der Waals surface area (Å²) < 4.78 is 24.3. The highest BCUT2D eigenvalue weighted by Crippen LogP contribution is 2.33. The van der Waals surface area contributed by atoms with Gasteiger partial charge in [0.1, 0.15) is 23.4 Å². The molecule has 0 spiro atoms. The first-order valence-electron chi connectivity index (χ1n) is 12.3. The Morgan fingerprint density at radius 2 is 2.20 bits per heavy atom. The number of hydrogen-bond acceptors (Lipinski definition) is 9. The molecule has 2 aromatic carbocycles. The third-order valence-corrected chi connectivity index (χ3v) is 6.84. The molecule has 40 heavy (non-hydrogen) atoms. The molecule has 1 aromatic heterocycles. The fraction of sp³-hybridized carbons (Fsp3) is 0.259. The number of nitrogens with one attached hydrogen (secondary N) is 3. The van der Waals surface area contributed by atoms with Gasteiger partial charge in [-0.3, -0.25) is 19.8 Å². The van der Waals surface area contributed by atoms with E-state index in [2.05, 4.69) is 32.5 Å². The molecule has 3 aromatic rings. The number of aliphatic hydroxyl groups excluding tert-OH is 1. The number of carbonyl (C=O) groups excluding carboxylic acids is 2. The molecule has 0 bridgehead atoms. The third kappa shape index (κ3) is 5.61. The van der Waals surface area contributed by atoms with Gasteiger partial charge in [0, 0.05) is 17.2 Å². The van der Waals surface area contributed by atoms with E-state index in [0.29, 0.717) is 52.3 Å². The van der Waals surface area contributed by atoms with E-state index in [1.165, 1.54) is 36.4 Å². The fourth-order valence-corrected chi connectivity index (χ4v) is 4.65. The zero-order valence-electron chi connectivity index (χ0n) is 21.4. The van der Waals surface area contributed by atoms with E-state index >= 15 is 0 Å². The van der Waals surface area contributed by atoms with Crippen molar-refractivity contribution >= 4 is 29.4 Å². The van der Waals surface area contributed by atoms with Crippen LogP contribution in [0.15, 0.2) is 54.9 Å². The van der Waals surface area contributed by atoms with Crippen molar-refractivity contribution in [3.63, 3.8) is 0 Å². The normalized spacial score (nSPS) is 16.9. The highest BCUT2D eigenvalue weighted by atomic mass is 35.5. The number of ether oxygens (including phenoxy) is 2. The lowest BCUT2D eigenvalue weighted by molar-refractivity contribution is -0.119. The van der Waals surface area contributed by atoms with Crippen molar-refractivity contribution in [3.8, 4) is 17.0 Å². The summed E-state index contributed by atoms with van der Waals surface area (Å²) in [4.78, 5) is 36.3. The van der Waals surface area contributed by atoms with Crippen LogP contribution in [0.2, 0.25) is 5.02 Å². The molecule has 2 aliphatic heterocycles. The summed E-state index contributed by atoms with van der Waals surface area (Å²) in [6.45, 7) is 4.29. The maximum Gasteiger partial charge on any atom is 0.267 e. The first-order valence-corrected chi connectivity index (χ1v) is 12.7. The van der Waals surface area contributed by atoms with Crippen molar-refractivity contribution < 1.29 is 28.6 Å². The quantitative estimate of drug-likeness (QED) is 0.287. The number of benzene rings is 2. The first kappa shape index (κ1) is 27.5. The number of methoxy groups -OCH3 is 1. The minimum atomic E-state index is -0.950. The SMILES string of the molecule is C=C(C(=O)N[C@H](CO)c1cc(F)cc(OC)c1)N1Cc2ccc(-c3nc(NC4COCN4)ncc3Cl)cc2C1=O.